The summed E-state index contributed by atoms with van der Waals surface area (Å²) >= 11 is 0. The van der Waals surface area contributed by atoms with Crippen LogP contribution in [0.5, 0.6) is 0 Å². The molecule has 2 aliphatic rings. The highest BCUT2D eigenvalue weighted by Crippen LogP contribution is 2.52. The Kier molecular flexibility index (Phi) is 7.26. The topological polar surface area (TPSA) is 52.6 Å². The van der Waals surface area contributed by atoms with Gasteiger partial charge in [0.05, 0.1) is 10.8 Å². The molecule has 0 heterocycles. The Bertz CT molecular complexity index is 492. The Morgan fingerprint density at radius 3 is 1.14 bits per heavy atom. The monoisotopic (exact) mass is 394 g/mol. The highest BCUT2D eigenvalue weighted by molar-refractivity contribution is 5.80. The zero-order valence-corrected chi connectivity index (χ0v) is 19.1. The first kappa shape index (κ1) is 23.2. The van der Waals surface area contributed by atoms with Crippen molar-refractivity contribution in [2.24, 2.45) is 10.8 Å². The Balaban J connectivity index is 1.53. The Morgan fingerprint density at radius 2 is 0.893 bits per heavy atom. The Labute approximate surface area is 172 Å². The molecule has 0 spiro atoms. The maximum Gasteiger partial charge on any atom is 0.312 e. The van der Waals surface area contributed by atoms with Gasteiger partial charge in [-0.1, -0.05) is 38.5 Å². The van der Waals surface area contributed by atoms with Gasteiger partial charge in [0.25, 0.3) is 0 Å². The highest BCUT2D eigenvalue weighted by atomic mass is 16.6. The van der Waals surface area contributed by atoms with E-state index in [-0.39, 0.29) is 34.0 Å². The zero-order chi connectivity index (χ0) is 21.1. The molecule has 0 N–H and O–H groups in total. The van der Waals surface area contributed by atoms with Crippen molar-refractivity contribution in [1.82, 2.24) is 0 Å². The summed E-state index contributed by atoms with van der Waals surface area (Å²) in [5.74, 6) is 0.0220. The lowest BCUT2D eigenvalue weighted by Gasteiger charge is -2.24. The number of rotatable bonds is 11. The van der Waals surface area contributed by atoms with Crippen LogP contribution in [0.1, 0.15) is 119 Å². The quantitative estimate of drug-likeness (QED) is 0.302. The summed E-state index contributed by atoms with van der Waals surface area (Å²) in [7, 11) is 0. The summed E-state index contributed by atoms with van der Waals surface area (Å²) in [5, 5.41) is 0. The summed E-state index contributed by atoms with van der Waals surface area (Å²) in [5.41, 5.74) is -1.10. The molecule has 0 aromatic heterocycles. The summed E-state index contributed by atoms with van der Waals surface area (Å²) in [6, 6.07) is 0. The second-order valence-electron chi connectivity index (χ2n) is 11.2. The van der Waals surface area contributed by atoms with Gasteiger partial charge in [0.2, 0.25) is 0 Å². The third-order valence-corrected chi connectivity index (χ3v) is 5.93. The van der Waals surface area contributed by atoms with Crippen molar-refractivity contribution in [2.45, 2.75) is 130 Å². The van der Waals surface area contributed by atoms with E-state index in [4.69, 9.17) is 9.47 Å². The standard InChI is InChI=1S/C24H42O4/c1-21(2,3)27-19(25)23(15-16-23)13-11-9-7-8-10-12-14-24(17-18-24)20(26)28-22(4,5)6/h7-18H2,1-6H3. The number of carbonyl (C=O) groups is 2. The van der Waals surface area contributed by atoms with E-state index in [0.717, 1.165) is 51.4 Å². The second-order valence-corrected chi connectivity index (χ2v) is 11.2. The van der Waals surface area contributed by atoms with Crippen molar-refractivity contribution in [2.75, 3.05) is 0 Å². The van der Waals surface area contributed by atoms with Gasteiger partial charge in [-0.15, -0.1) is 0 Å². The number of ether oxygens (including phenoxy) is 2. The maximum absolute atomic E-state index is 12.3. The number of hydrogen-bond acceptors (Lipinski definition) is 4. The van der Waals surface area contributed by atoms with Crippen molar-refractivity contribution in [3.63, 3.8) is 0 Å². The van der Waals surface area contributed by atoms with E-state index in [1.54, 1.807) is 0 Å². The molecule has 0 saturated heterocycles. The molecule has 4 heteroatoms. The lowest BCUT2D eigenvalue weighted by molar-refractivity contribution is -0.163. The Morgan fingerprint density at radius 1 is 0.607 bits per heavy atom. The van der Waals surface area contributed by atoms with Gasteiger partial charge in [-0.3, -0.25) is 9.59 Å². The van der Waals surface area contributed by atoms with E-state index >= 15 is 0 Å². The van der Waals surface area contributed by atoms with Crippen molar-refractivity contribution in [3.8, 4) is 0 Å². The van der Waals surface area contributed by atoms with E-state index in [1.165, 1.54) is 25.7 Å². The van der Waals surface area contributed by atoms with Crippen molar-refractivity contribution in [3.05, 3.63) is 0 Å². The minimum Gasteiger partial charge on any atom is -0.460 e. The third kappa shape index (κ3) is 7.40. The summed E-state index contributed by atoms with van der Waals surface area (Å²) in [6.45, 7) is 11.6. The van der Waals surface area contributed by atoms with Crippen molar-refractivity contribution >= 4 is 11.9 Å². The van der Waals surface area contributed by atoms with Crippen LogP contribution < -0.4 is 0 Å². The molecule has 2 saturated carbocycles. The van der Waals surface area contributed by atoms with Crippen LogP contribution >= 0.6 is 0 Å². The molecule has 162 valence electrons. The van der Waals surface area contributed by atoms with Crippen LogP contribution in [0, 0.1) is 10.8 Å². The lowest BCUT2D eigenvalue weighted by atomic mass is 9.95. The zero-order valence-electron chi connectivity index (χ0n) is 19.1. The highest BCUT2D eigenvalue weighted by Gasteiger charge is 2.52. The molecule has 0 unspecified atom stereocenters. The number of carbonyl (C=O) groups excluding carboxylic acids is 2. The molecule has 2 fully saturated rings. The predicted octanol–water partition coefficient (Wildman–Crippen LogP) is 6.35. The van der Waals surface area contributed by atoms with E-state index in [2.05, 4.69) is 0 Å². The van der Waals surface area contributed by atoms with E-state index < -0.39 is 0 Å². The first-order valence-corrected chi connectivity index (χ1v) is 11.3. The van der Waals surface area contributed by atoms with Gasteiger partial charge >= 0.3 is 11.9 Å². The lowest BCUT2D eigenvalue weighted by Crippen LogP contribution is -2.29. The van der Waals surface area contributed by atoms with E-state index in [9.17, 15) is 9.59 Å². The molecule has 0 aromatic carbocycles. The van der Waals surface area contributed by atoms with Crippen LogP contribution in [0.3, 0.4) is 0 Å². The number of unbranched alkanes of at least 4 members (excludes halogenated alkanes) is 5. The fourth-order valence-electron chi connectivity index (χ4n) is 3.82. The molecule has 0 aliphatic heterocycles. The predicted molar refractivity (Wildman–Crippen MR) is 112 cm³/mol. The average molecular weight is 395 g/mol. The largest absolute Gasteiger partial charge is 0.460 e. The fraction of sp³-hybridized carbons (Fsp3) is 0.917. The summed E-state index contributed by atoms with van der Waals surface area (Å²) in [4.78, 5) is 24.7. The summed E-state index contributed by atoms with van der Waals surface area (Å²) < 4.78 is 11.2. The second kappa shape index (κ2) is 8.75. The Hall–Kier alpha value is -1.06. The average Bonchev–Trinajstić information content (AvgIpc) is 3.41. The molecule has 28 heavy (non-hydrogen) atoms. The molecule has 0 bridgehead atoms. The SMILES string of the molecule is CC(C)(C)OC(=O)C1(CCCCCCCCC2(C(=O)OC(C)(C)C)CC2)CC1. The van der Waals surface area contributed by atoms with Crippen LogP contribution in [-0.4, -0.2) is 23.1 Å². The van der Waals surface area contributed by atoms with Gasteiger partial charge in [-0.05, 0) is 80.1 Å². The van der Waals surface area contributed by atoms with Crippen LogP contribution in [0.25, 0.3) is 0 Å². The van der Waals surface area contributed by atoms with Crippen molar-refractivity contribution in [1.29, 1.82) is 0 Å². The van der Waals surface area contributed by atoms with Crippen molar-refractivity contribution < 1.29 is 19.1 Å². The van der Waals surface area contributed by atoms with Gasteiger partial charge in [0.1, 0.15) is 11.2 Å². The molecule has 0 amide bonds. The van der Waals surface area contributed by atoms with Gasteiger partial charge < -0.3 is 9.47 Å². The first-order chi connectivity index (χ1) is 12.9. The van der Waals surface area contributed by atoms with Crippen LogP contribution in [0.4, 0.5) is 0 Å². The summed E-state index contributed by atoms with van der Waals surface area (Å²) in [6.07, 6.45) is 12.9. The normalized spacial score (nSPS) is 19.8. The molecule has 2 rings (SSSR count). The molecular formula is C24H42O4. The van der Waals surface area contributed by atoms with Gasteiger partial charge in [0.15, 0.2) is 0 Å². The first-order valence-electron chi connectivity index (χ1n) is 11.3. The molecule has 0 atom stereocenters. The maximum atomic E-state index is 12.3. The molecule has 0 aromatic rings. The van der Waals surface area contributed by atoms with Gasteiger partial charge in [0, 0.05) is 0 Å². The molecule has 0 radical (unpaired) electrons. The van der Waals surface area contributed by atoms with Crippen LogP contribution in [-0.2, 0) is 19.1 Å². The third-order valence-electron chi connectivity index (χ3n) is 5.93. The fourth-order valence-corrected chi connectivity index (χ4v) is 3.82. The number of hydrogen-bond donors (Lipinski definition) is 0. The molecule has 2 aliphatic carbocycles. The minimum absolute atomic E-state index is 0.0110. The minimum atomic E-state index is -0.384. The van der Waals surface area contributed by atoms with Crippen LogP contribution in [0.2, 0.25) is 0 Å². The molecule has 4 nitrogen and oxygen atoms in total. The van der Waals surface area contributed by atoms with E-state index in [1.807, 2.05) is 41.5 Å². The van der Waals surface area contributed by atoms with Gasteiger partial charge in [-0.25, -0.2) is 0 Å². The smallest absolute Gasteiger partial charge is 0.312 e. The van der Waals surface area contributed by atoms with Crippen LogP contribution in [0.15, 0.2) is 0 Å². The number of esters is 2. The van der Waals surface area contributed by atoms with E-state index in [0.29, 0.717) is 0 Å². The molecular weight excluding hydrogens is 352 g/mol. The van der Waals surface area contributed by atoms with Gasteiger partial charge in [-0.2, -0.15) is 0 Å².